The highest BCUT2D eigenvalue weighted by Gasteiger charge is 2.27. The predicted octanol–water partition coefficient (Wildman–Crippen LogP) is 3.77. The number of benzene rings is 1. The number of nitrogens with zero attached hydrogens (tertiary/aromatic N) is 1. The van der Waals surface area contributed by atoms with Crippen molar-refractivity contribution in [3.05, 3.63) is 54.0 Å². The zero-order valence-corrected chi connectivity index (χ0v) is 14.4. The molecule has 3 rings (SSSR count). The van der Waals surface area contributed by atoms with E-state index in [4.69, 9.17) is 15.6 Å². The van der Waals surface area contributed by atoms with Crippen LogP contribution in [0, 0.1) is 12.3 Å². The third-order valence-corrected chi connectivity index (χ3v) is 4.69. The molecule has 25 heavy (non-hydrogen) atoms. The maximum Gasteiger partial charge on any atom is 0.132 e. The fourth-order valence-corrected chi connectivity index (χ4v) is 3.38. The normalized spacial score (nSPS) is 18.8. The predicted molar refractivity (Wildman–Crippen MR) is 97.1 cm³/mol. The van der Waals surface area contributed by atoms with Crippen molar-refractivity contribution in [2.75, 3.05) is 13.2 Å². The minimum atomic E-state index is -0.535. The Balaban J connectivity index is 1.53. The van der Waals surface area contributed by atoms with Gasteiger partial charge in [0.25, 0.3) is 0 Å². The maximum absolute atomic E-state index is 10.3. The third kappa shape index (κ3) is 4.88. The molecule has 2 aromatic rings. The molecule has 0 aliphatic carbocycles. The first kappa shape index (κ1) is 17.6. The van der Waals surface area contributed by atoms with Gasteiger partial charge in [0.15, 0.2) is 0 Å². The minimum Gasteiger partial charge on any atom is -0.493 e. The molecule has 1 aliphatic rings. The van der Waals surface area contributed by atoms with Crippen molar-refractivity contribution in [2.45, 2.75) is 44.4 Å². The molecule has 1 fully saturated rings. The SMILES string of the molecule is C#CCCOc1ccc(CN2CCCC2CC(O)c2ccco2)cc1. The van der Waals surface area contributed by atoms with E-state index >= 15 is 0 Å². The van der Waals surface area contributed by atoms with Gasteiger partial charge in [-0.3, -0.25) is 4.90 Å². The Morgan fingerprint density at radius 2 is 2.16 bits per heavy atom. The zero-order chi connectivity index (χ0) is 17.5. The van der Waals surface area contributed by atoms with E-state index in [-0.39, 0.29) is 0 Å². The Kier molecular flexibility index (Phi) is 6.16. The van der Waals surface area contributed by atoms with Crippen LogP contribution < -0.4 is 4.74 Å². The highest BCUT2D eigenvalue weighted by atomic mass is 16.5. The Morgan fingerprint density at radius 1 is 1.32 bits per heavy atom. The molecule has 4 heteroatoms. The Morgan fingerprint density at radius 3 is 2.88 bits per heavy atom. The molecule has 0 spiro atoms. The quantitative estimate of drug-likeness (QED) is 0.587. The lowest BCUT2D eigenvalue weighted by Gasteiger charge is -2.26. The van der Waals surface area contributed by atoms with E-state index in [1.807, 2.05) is 24.3 Å². The Hall–Kier alpha value is -2.22. The van der Waals surface area contributed by atoms with Crippen molar-refractivity contribution in [2.24, 2.45) is 0 Å². The minimum absolute atomic E-state index is 0.381. The fraction of sp³-hybridized carbons (Fsp3) is 0.429. The monoisotopic (exact) mass is 339 g/mol. The summed E-state index contributed by atoms with van der Waals surface area (Å²) >= 11 is 0. The molecular weight excluding hydrogens is 314 g/mol. The molecule has 1 aromatic carbocycles. The second kappa shape index (κ2) is 8.75. The van der Waals surface area contributed by atoms with E-state index in [9.17, 15) is 5.11 Å². The van der Waals surface area contributed by atoms with E-state index in [0.717, 1.165) is 25.3 Å². The molecule has 0 amide bonds. The molecular formula is C21H25NO3. The molecule has 1 saturated heterocycles. The molecule has 2 unspecified atom stereocenters. The largest absolute Gasteiger partial charge is 0.493 e. The Bertz CT molecular complexity index is 672. The van der Waals surface area contributed by atoms with Crippen molar-refractivity contribution in [3.8, 4) is 18.1 Å². The van der Waals surface area contributed by atoms with Gasteiger partial charge in [0.05, 0.1) is 12.9 Å². The summed E-state index contributed by atoms with van der Waals surface area (Å²) in [7, 11) is 0. The number of likely N-dealkylation sites (tertiary alicyclic amines) is 1. The summed E-state index contributed by atoms with van der Waals surface area (Å²) in [5, 5.41) is 10.3. The number of rotatable bonds is 8. The van der Waals surface area contributed by atoms with Gasteiger partial charge < -0.3 is 14.3 Å². The summed E-state index contributed by atoms with van der Waals surface area (Å²) in [5.41, 5.74) is 1.25. The zero-order valence-electron chi connectivity index (χ0n) is 14.4. The highest BCUT2D eigenvalue weighted by molar-refractivity contribution is 5.27. The maximum atomic E-state index is 10.3. The first-order valence-corrected chi connectivity index (χ1v) is 8.87. The number of terminal acetylenes is 1. The van der Waals surface area contributed by atoms with Gasteiger partial charge in [-0.15, -0.1) is 12.3 Å². The average molecular weight is 339 g/mol. The summed E-state index contributed by atoms with van der Waals surface area (Å²) in [6, 6.07) is 12.2. The van der Waals surface area contributed by atoms with Gasteiger partial charge in [-0.2, -0.15) is 0 Å². The van der Waals surface area contributed by atoms with Crippen LogP contribution in [-0.4, -0.2) is 29.2 Å². The van der Waals surface area contributed by atoms with Gasteiger partial charge in [0.1, 0.15) is 17.6 Å². The van der Waals surface area contributed by atoms with E-state index in [1.54, 1.807) is 6.26 Å². The third-order valence-electron chi connectivity index (χ3n) is 4.69. The number of hydrogen-bond donors (Lipinski definition) is 1. The molecule has 2 atom stereocenters. The van der Waals surface area contributed by atoms with Gasteiger partial charge in [-0.05, 0) is 55.6 Å². The van der Waals surface area contributed by atoms with Crippen LogP contribution in [0.3, 0.4) is 0 Å². The van der Waals surface area contributed by atoms with Gasteiger partial charge in [0.2, 0.25) is 0 Å². The molecule has 4 nitrogen and oxygen atoms in total. The Labute approximate surface area is 149 Å². The summed E-state index contributed by atoms with van der Waals surface area (Å²) in [5.74, 6) is 4.07. The first-order chi connectivity index (χ1) is 12.3. The van der Waals surface area contributed by atoms with Crippen molar-refractivity contribution in [1.82, 2.24) is 4.90 Å². The van der Waals surface area contributed by atoms with Crippen LogP contribution in [0.25, 0.3) is 0 Å². The lowest BCUT2D eigenvalue weighted by atomic mass is 10.0. The summed E-state index contributed by atoms with van der Waals surface area (Å²) in [6.07, 6.45) is 9.92. The van der Waals surface area contributed by atoms with Crippen LogP contribution in [0.4, 0.5) is 0 Å². The number of ether oxygens (including phenoxy) is 1. The van der Waals surface area contributed by atoms with Crippen molar-refractivity contribution in [3.63, 3.8) is 0 Å². The number of furan rings is 1. The van der Waals surface area contributed by atoms with Crippen LogP contribution in [0.1, 0.15) is 43.1 Å². The standard InChI is InChI=1S/C21H25NO3/c1-2-3-13-24-19-10-8-17(9-11-19)16-22-12-4-6-18(22)15-20(23)21-7-5-14-25-21/h1,5,7-11,14,18,20,23H,3-4,6,12-13,15-16H2. The van der Waals surface area contributed by atoms with E-state index in [1.165, 1.54) is 12.0 Å². The van der Waals surface area contributed by atoms with Crippen molar-refractivity contribution in [1.29, 1.82) is 0 Å². The number of hydrogen-bond acceptors (Lipinski definition) is 4. The molecule has 0 saturated carbocycles. The van der Waals surface area contributed by atoms with Crippen LogP contribution >= 0.6 is 0 Å². The van der Waals surface area contributed by atoms with Crippen LogP contribution in [0.2, 0.25) is 0 Å². The first-order valence-electron chi connectivity index (χ1n) is 8.87. The molecule has 1 aliphatic heterocycles. The second-order valence-electron chi connectivity index (χ2n) is 6.48. The van der Waals surface area contributed by atoms with E-state index in [2.05, 4.69) is 23.0 Å². The topological polar surface area (TPSA) is 45.8 Å². The van der Waals surface area contributed by atoms with Crippen LogP contribution in [0.15, 0.2) is 47.1 Å². The summed E-state index contributed by atoms with van der Waals surface area (Å²) in [4.78, 5) is 2.44. The van der Waals surface area contributed by atoms with Gasteiger partial charge in [-0.25, -0.2) is 0 Å². The smallest absolute Gasteiger partial charge is 0.132 e. The molecule has 1 aromatic heterocycles. The van der Waals surface area contributed by atoms with Crippen LogP contribution in [0.5, 0.6) is 5.75 Å². The lowest BCUT2D eigenvalue weighted by Crippen LogP contribution is -2.30. The average Bonchev–Trinajstić information content (AvgIpc) is 3.29. The summed E-state index contributed by atoms with van der Waals surface area (Å²) < 4.78 is 10.9. The van der Waals surface area contributed by atoms with Crippen LogP contribution in [-0.2, 0) is 6.54 Å². The van der Waals surface area contributed by atoms with Crippen molar-refractivity contribution < 1.29 is 14.3 Å². The molecule has 2 heterocycles. The van der Waals surface area contributed by atoms with Gasteiger partial charge in [0, 0.05) is 19.0 Å². The molecule has 132 valence electrons. The van der Waals surface area contributed by atoms with Gasteiger partial charge in [-0.1, -0.05) is 12.1 Å². The van der Waals surface area contributed by atoms with E-state index in [0.29, 0.717) is 31.3 Å². The number of aliphatic hydroxyl groups excluding tert-OH is 1. The molecule has 1 N–H and O–H groups in total. The second-order valence-corrected chi connectivity index (χ2v) is 6.48. The molecule has 0 bridgehead atoms. The van der Waals surface area contributed by atoms with Gasteiger partial charge >= 0.3 is 0 Å². The fourth-order valence-electron chi connectivity index (χ4n) is 3.38. The highest BCUT2D eigenvalue weighted by Crippen LogP contribution is 2.29. The van der Waals surface area contributed by atoms with E-state index < -0.39 is 6.10 Å². The lowest BCUT2D eigenvalue weighted by molar-refractivity contribution is 0.0995. The number of aliphatic hydroxyl groups is 1. The molecule has 0 radical (unpaired) electrons. The van der Waals surface area contributed by atoms with Crippen molar-refractivity contribution >= 4 is 0 Å². The summed E-state index contributed by atoms with van der Waals surface area (Å²) in [6.45, 7) is 2.50.